The average molecular weight is 398 g/mol. The lowest BCUT2D eigenvalue weighted by Crippen LogP contribution is -2.52. The van der Waals surface area contributed by atoms with Crippen molar-refractivity contribution in [1.82, 2.24) is 5.06 Å². The van der Waals surface area contributed by atoms with Crippen molar-refractivity contribution < 1.29 is 23.9 Å². The van der Waals surface area contributed by atoms with Gasteiger partial charge in [0, 0.05) is 31.0 Å². The molecule has 0 aliphatic carbocycles. The van der Waals surface area contributed by atoms with E-state index in [1.807, 2.05) is 26.8 Å². The molecule has 1 unspecified atom stereocenters. The van der Waals surface area contributed by atoms with Gasteiger partial charge in [-0.15, -0.1) is 0 Å². The summed E-state index contributed by atoms with van der Waals surface area (Å²) in [4.78, 5) is 29.5. The first-order valence-corrected chi connectivity index (χ1v) is 9.40. The Morgan fingerprint density at radius 3 is 2.41 bits per heavy atom. The number of aldehydes is 1. The highest BCUT2D eigenvalue weighted by molar-refractivity contribution is 6.32. The van der Waals surface area contributed by atoms with Crippen molar-refractivity contribution >= 4 is 23.9 Å². The number of hydrogen-bond donors (Lipinski definition) is 0. The SMILES string of the molecule is COC(=O)C1(OCC(C=O)c2c(C)cc(C)c(Cl)c2C)CCN(OC)CC1. The summed E-state index contributed by atoms with van der Waals surface area (Å²) in [6, 6.07) is 1.97. The van der Waals surface area contributed by atoms with Gasteiger partial charge in [0.25, 0.3) is 0 Å². The molecule has 1 aromatic carbocycles. The van der Waals surface area contributed by atoms with Crippen molar-refractivity contribution in [3.63, 3.8) is 0 Å². The van der Waals surface area contributed by atoms with Crippen LogP contribution in [-0.4, -0.2) is 56.8 Å². The van der Waals surface area contributed by atoms with Crippen LogP contribution in [0.3, 0.4) is 0 Å². The molecule has 1 aliphatic rings. The number of carbonyl (C=O) groups is 2. The minimum Gasteiger partial charge on any atom is -0.467 e. The molecule has 2 rings (SSSR count). The predicted molar refractivity (Wildman–Crippen MR) is 103 cm³/mol. The van der Waals surface area contributed by atoms with Gasteiger partial charge in [-0.2, -0.15) is 5.06 Å². The number of hydroxylamine groups is 2. The minimum absolute atomic E-state index is 0.0899. The van der Waals surface area contributed by atoms with Crippen molar-refractivity contribution in [2.75, 3.05) is 33.9 Å². The first kappa shape index (κ1) is 21.8. The highest BCUT2D eigenvalue weighted by atomic mass is 35.5. The first-order valence-electron chi connectivity index (χ1n) is 9.02. The minimum atomic E-state index is -1.07. The summed E-state index contributed by atoms with van der Waals surface area (Å²) in [6.07, 6.45) is 1.73. The molecule has 0 amide bonds. The number of aryl methyl sites for hydroxylation is 2. The van der Waals surface area contributed by atoms with Gasteiger partial charge in [0.15, 0.2) is 5.60 Å². The smallest absolute Gasteiger partial charge is 0.338 e. The van der Waals surface area contributed by atoms with E-state index in [1.165, 1.54) is 7.11 Å². The number of ether oxygens (including phenoxy) is 2. The zero-order chi connectivity index (χ0) is 20.2. The summed E-state index contributed by atoms with van der Waals surface area (Å²) in [5.74, 6) is -0.927. The van der Waals surface area contributed by atoms with Crippen LogP contribution in [0.5, 0.6) is 0 Å². The lowest BCUT2D eigenvalue weighted by molar-refractivity contribution is -0.203. The normalized spacial score (nSPS) is 18.1. The second-order valence-electron chi connectivity index (χ2n) is 7.01. The van der Waals surface area contributed by atoms with Crippen molar-refractivity contribution in [3.05, 3.63) is 33.3 Å². The van der Waals surface area contributed by atoms with Crippen LogP contribution in [0.25, 0.3) is 0 Å². The quantitative estimate of drug-likeness (QED) is 0.520. The Balaban J connectivity index is 2.24. The standard InChI is InChI=1S/C20H28ClNO5/c1-13-10-14(2)18(21)15(3)17(13)16(11-23)12-27-20(19(24)25-4)6-8-22(26-5)9-7-20/h10-11,16H,6-9,12H2,1-5H3. The summed E-state index contributed by atoms with van der Waals surface area (Å²) < 4.78 is 11.1. The lowest BCUT2D eigenvalue weighted by Gasteiger charge is -2.38. The van der Waals surface area contributed by atoms with Crippen LogP contribution in [0.2, 0.25) is 5.02 Å². The summed E-state index contributed by atoms with van der Waals surface area (Å²) >= 11 is 6.39. The molecule has 0 bridgehead atoms. The van der Waals surface area contributed by atoms with E-state index in [1.54, 1.807) is 12.2 Å². The molecule has 0 spiro atoms. The van der Waals surface area contributed by atoms with Crippen LogP contribution in [0.15, 0.2) is 6.07 Å². The van der Waals surface area contributed by atoms with Gasteiger partial charge >= 0.3 is 5.97 Å². The number of rotatable bonds is 7. The van der Waals surface area contributed by atoms with Gasteiger partial charge in [-0.05, 0) is 43.0 Å². The van der Waals surface area contributed by atoms with Gasteiger partial charge in [0.05, 0.1) is 26.7 Å². The summed E-state index contributed by atoms with van der Waals surface area (Å²) in [7, 11) is 2.95. The molecular weight excluding hydrogens is 370 g/mol. The Morgan fingerprint density at radius 1 is 1.26 bits per heavy atom. The molecule has 0 saturated carbocycles. The maximum atomic E-state index is 12.4. The fourth-order valence-corrected chi connectivity index (χ4v) is 3.97. The predicted octanol–water partition coefficient (Wildman–Crippen LogP) is 3.13. The maximum Gasteiger partial charge on any atom is 0.338 e. The van der Waals surface area contributed by atoms with Crippen LogP contribution in [-0.2, 0) is 23.9 Å². The number of halogens is 1. The molecule has 7 heteroatoms. The molecule has 1 saturated heterocycles. The Labute approximate surface area is 165 Å². The lowest BCUT2D eigenvalue weighted by atomic mass is 9.89. The van der Waals surface area contributed by atoms with Crippen molar-refractivity contribution in [2.45, 2.75) is 45.1 Å². The third-order valence-corrected chi connectivity index (χ3v) is 5.94. The van der Waals surface area contributed by atoms with Gasteiger partial charge in [-0.3, -0.25) is 0 Å². The topological polar surface area (TPSA) is 65.1 Å². The van der Waals surface area contributed by atoms with Crippen molar-refractivity contribution in [3.8, 4) is 0 Å². The molecule has 1 atom stereocenters. The molecule has 6 nitrogen and oxygen atoms in total. The Bertz CT molecular complexity index is 698. The summed E-state index contributed by atoms with van der Waals surface area (Å²) in [5.41, 5.74) is 2.61. The maximum absolute atomic E-state index is 12.4. The van der Waals surface area contributed by atoms with Gasteiger partial charge in [0.1, 0.15) is 6.29 Å². The number of esters is 1. The van der Waals surface area contributed by atoms with E-state index in [9.17, 15) is 9.59 Å². The molecule has 0 aromatic heterocycles. The summed E-state index contributed by atoms with van der Waals surface area (Å²) in [5, 5.41) is 2.43. The van der Waals surface area contributed by atoms with E-state index in [-0.39, 0.29) is 6.61 Å². The number of piperidine rings is 1. The molecule has 1 heterocycles. The highest BCUT2D eigenvalue weighted by Gasteiger charge is 2.44. The van der Waals surface area contributed by atoms with Gasteiger partial charge < -0.3 is 19.1 Å². The third-order valence-electron chi connectivity index (χ3n) is 5.36. The zero-order valence-electron chi connectivity index (χ0n) is 16.6. The van der Waals surface area contributed by atoms with Crippen LogP contribution in [0.1, 0.15) is 41.0 Å². The highest BCUT2D eigenvalue weighted by Crippen LogP contribution is 2.34. The molecule has 27 heavy (non-hydrogen) atoms. The second-order valence-corrected chi connectivity index (χ2v) is 7.39. The van der Waals surface area contributed by atoms with Crippen LogP contribution in [0.4, 0.5) is 0 Å². The number of methoxy groups -OCH3 is 1. The van der Waals surface area contributed by atoms with Crippen LogP contribution >= 0.6 is 11.6 Å². The Kier molecular flexibility index (Phi) is 7.40. The van der Waals surface area contributed by atoms with E-state index in [0.29, 0.717) is 31.0 Å². The van der Waals surface area contributed by atoms with E-state index in [4.69, 9.17) is 25.9 Å². The van der Waals surface area contributed by atoms with E-state index in [2.05, 4.69) is 0 Å². The average Bonchev–Trinajstić information content (AvgIpc) is 2.68. The molecule has 0 N–H and O–H groups in total. The second kappa shape index (κ2) is 9.15. The molecule has 0 radical (unpaired) electrons. The van der Waals surface area contributed by atoms with Crippen LogP contribution in [0, 0.1) is 20.8 Å². The number of hydrogen-bond acceptors (Lipinski definition) is 6. The number of nitrogens with zero attached hydrogens (tertiary/aromatic N) is 1. The van der Waals surface area contributed by atoms with Gasteiger partial charge in [-0.25, -0.2) is 4.79 Å². The fraction of sp³-hybridized carbons (Fsp3) is 0.600. The number of benzene rings is 1. The molecule has 1 aliphatic heterocycles. The zero-order valence-corrected chi connectivity index (χ0v) is 17.4. The molecule has 1 fully saturated rings. The molecular formula is C20H28ClNO5. The Morgan fingerprint density at radius 2 is 1.89 bits per heavy atom. The number of carbonyl (C=O) groups excluding carboxylic acids is 2. The van der Waals surface area contributed by atoms with E-state index >= 15 is 0 Å². The van der Waals surface area contributed by atoms with Crippen LogP contribution < -0.4 is 0 Å². The van der Waals surface area contributed by atoms with Gasteiger partial charge in [-0.1, -0.05) is 17.7 Å². The van der Waals surface area contributed by atoms with E-state index in [0.717, 1.165) is 28.5 Å². The van der Waals surface area contributed by atoms with Gasteiger partial charge in [0.2, 0.25) is 0 Å². The Hall–Kier alpha value is -1.47. The molecule has 1 aromatic rings. The first-order chi connectivity index (χ1) is 12.8. The fourth-order valence-electron chi connectivity index (χ4n) is 3.81. The largest absolute Gasteiger partial charge is 0.467 e. The van der Waals surface area contributed by atoms with Crippen molar-refractivity contribution in [2.24, 2.45) is 0 Å². The summed E-state index contributed by atoms with van der Waals surface area (Å²) in [6.45, 7) is 6.98. The van der Waals surface area contributed by atoms with E-state index < -0.39 is 17.5 Å². The monoisotopic (exact) mass is 397 g/mol. The van der Waals surface area contributed by atoms with Crippen molar-refractivity contribution in [1.29, 1.82) is 0 Å². The molecule has 150 valence electrons. The third kappa shape index (κ3) is 4.51.